The lowest BCUT2D eigenvalue weighted by Gasteiger charge is -2.17. The molecule has 0 aliphatic heterocycles. The molecule has 0 bridgehead atoms. The van der Waals surface area contributed by atoms with Crippen molar-refractivity contribution in [3.8, 4) is 0 Å². The van der Waals surface area contributed by atoms with Gasteiger partial charge in [0.2, 0.25) is 0 Å². The highest BCUT2D eigenvalue weighted by atomic mass is 15.0. The average Bonchev–Trinajstić information content (AvgIpc) is 2.45. The minimum atomic E-state index is 0.511. The number of rotatable bonds is 3. The molecule has 0 fully saturated rings. The fourth-order valence-electron chi connectivity index (χ4n) is 2.52. The summed E-state index contributed by atoms with van der Waals surface area (Å²) in [5, 5.41) is 3.36. The SMILES string of the molecule is Nc1ccnc(CNc2ccc3c(c2)CCCC3)n1. The fourth-order valence-corrected chi connectivity index (χ4v) is 2.52. The van der Waals surface area contributed by atoms with Crippen LogP contribution in [0.2, 0.25) is 0 Å². The number of benzene rings is 1. The maximum absolute atomic E-state index is 5.64. The van der Waals surface area contributed by atoms with Crippen LogP contribution in [0, 0.1) is 0 Å². The lowest BCUT2D eigenvalue weighted by atomic mass is 9.91. The third-order valence-corrected chi connectivity index (χ3v) is 3.53. The Bertz CT molecular complexity index is 580. The van der Waals surface area contributed by atoms with Gasteiger partial charge >= 0.3 is 0 Å². The number of nitrogens with one attached hydrogen (secondary N) is 1. The molecule has 0 radical (unpaired) electrons. The Balaban J connectivity index is 1.70. The summed E-state index contributed by atoms with van der Waals surface area (Å²) in [6.45, 7) is 0.601. The van der Waals surface area contributed by atoms with E-state index in [9.17, 15) is 0 Å². The smallest absolute Gasteiger partial charge is 0.149 e. The van der Waals surface area contributed by atoms with Crippen LogP contribution in [-0.4, -0.2) is 9.97 Å². The summed E-state index contributed by atoms with van der Waals surface area (Å²) in [5.41, 5.74) is 9.74. The molecule has 0 spiro atoms. The number of hydrogen-bond donors (Lipinski definition) is 2. The first-order chi connectivity index (χ1) is 9.31. The third-order valence-electron chi connectivity index (χ3n) is 3.53. The molecule has 19 heavy (non-hydrogen) atoms. The van der Waals surface area contributed by atoms with Crippen LogP contribution in [0.3, 0.4) is 0 Å². The Morgan fingerprint density at radius 3 is 2.79 bits per heavy atom. The Labute approximate surface area is 113 Å². The van der Waals surface area contributed by atoms with E-state index in [1.807, 2.05) is 0 Å². The van der Waals surface area contributed by atoms with Gasteiger partial charge in [0.15, 0.2) is 0 Å². The van der Waals surface area contributed by atoms with Crippen LogP contribution >= 0.6 is 0 Å². The summed E-state index contributed by atoms with van der Waals surface area (Å²) in [7, 11) is 0. The number of aromatic nitrogens is 2. The number of anilines is 2. The molecule has 1 heterocycles. The zero-order valence-corrected chi connectivity index (χ0v) is 10.9. The van der Waals surface area contributed by atoms with Gasteiger partial charge in [0.25, 0.3) is 0 Å². The summed E-state index contributed by atoms with van der Waals surface area (Å²) in [6, 6.07) is 8.32. The van der Waals surface area contributed by atoms with Crippen LogP contribution in [0.5, 0.6) is 0 Å². The molecule has 1 aliphatic rings. The highest BCUT2D eigenvalue weighted by molar-refractivity contribution is 5.49. The van der Waals surface area contributed by atoms with Gasteiger partial charge < -0.3 is 11.1 Å². The van der Waals surface area contributed by atoms with Crippen molar-refractivity contribution in [2.45, 2.75) is 32.2 Å². The second-order valence-corrected chi connectivity index (χ2v) is 4.94. The van der Waals surface area contributed by atoms with Crippen molar-refractivity contribution in [3.63, 3.8) is 0 Å². The lowest BCUT2D eigenvalue weighted by molar-refractivity contribution is 0.686. The largest absolute Gasteiger partial charge is 0.384 e. The highest BCUT2D eigenvalue weighted by Gasteiger charge is 2.09. The van der Waals surface area contributed by atoms with E-state index in [2.05, 4.69) is 33.5 Å². The van der Waals surface area contributed by atoms with E-state index in [4.69, 9.17) is 5.73 Å². The standard InChI is InChI=1S/C15H18N4/c16-14-7-8-17-15(19-14)10-18-13-6-5-11-3-1-2-4-12(11)9-13/h5-9,18H,1-4,10H2,(H2,16,17,19). The second kappa shape index (κ2) is 5.26. The molecule has 0 saturated carbocycles. The Kier molecular flexibility index (Phi) is 3.31. The fraction of sp³-hybridized carbons (Fsp3) is 0.333. The van der Waals surface area contributed by atoms with E-state index in [1.165, 1.54) is 36.8 Å². The van der Waals surface area contributed by atoms with Crippen molar-refractivity contribution in [2.75, 3.05) is 11.1 Å². The van der Waals surface area contributed by atoms with E-state index in [1.54, 1.807) is 12.3 Å². The van der Waals surface area contributed by atoms with Crippen LogP contribution in [0.25, 0.3) is 0 Å². The predicted molar refractivity (Wildman–Crippen MR) is 76.9 cm³/mol. The van der Waals surface area contributed by atoms with Gasteiger partial charge in [-0.15, -0.1) is 0 Å². The van der Waals surface area contributed by atoms with E-state index >= 15 is 0 Å². The minimum absolute atomic E-state index is 0.511. The molecular weight excluding hydrogens is 236 g/mol. The van der Waals surface area contributed by atoms with E-state index < -0.39 is 0 Å². The summed E-state index contributed by atoms with van der Waals surface area (Å²) in [5.74, 6) is 1.23. The molecule has 4 heteroatoms. The summed E-state index contributed by atoms with van der Waals surface area (Å²) < 4.78 is 0. The van der Waals surface area contributed by atoms with Gasteiger partial charge in [0.05, 0.1) is 6.54 Å². The van der Waals surface area contributed by atoms with Crippen molar-refractivity contribution in [1.82, 2.24) is 9.97 Å². The molecule has 1 aliphatic carbocycles. The molecule has 0 saturated heterocycles. The third kappa shape index (κ3) is 2.84. The lowest BCUT2D eigenvalue weighted by Crippen LogP contribution is -2.07. The van der Waals surface area contributed by atoms with Crippen LogP contribution in [-0.2, 0) is 19.4 Å². The number of hydrogen-bond acceptors (Lipinski definition) is 4. The van der Waals surface area contributed by atoms with Crippen LogP contribution in [0.15, 0.2) is 30.5 Å². The van der Waals surface area contributed by atoms with Gasteiger partial charge in [-0.05, 0) is 55.0 Å². The molecule has 2 aromatic rings. The van der Waals surface area contributed by atoms with Crippen molar-refractivity contribution in [1.29, 1.82) is 0 Å². The van der Waals surface area contributed by atoms with E-state index in [0.29, 0.717) is 12.4 Å². The summed E-state index contributed by atoms with van der Waals surface area (Å²) >= 11 is 0. The molecule has 0 unspecified atom stereocenters. The number of aryl methyl sites for hydroxylation is 2. The van der Waals surface area contributed by atoms with Gasteiger partial charge in [-0.25, -0.2) is 9.97 Å². The van der Waals surface area contributed by atoms with Crippen molar-refractivity contribution in [3.05, 3.63) is 47.4 Å². The second-order valence-electron chi connectivity index (χ2n) is 4.94. The quantitative estimate of drug-likeness (QED) is 0.883. The van der Waals surface area contributed by atoms with Crippen molar-refractivity contribution in [2.24, 2.45) is 0 Å². The van der Waals surface area contributed by atoms with Crippen LogP contribution in [0.1, 0.15) is 29.8 Å². The highest BCUT2D eigenvalue weighted by Crippen LogP contribution is 2.24. The number of nitrogen functional groups attached to an aromatic ring is 1. The molecule has 1 aromatic heterocycles. The first-order valence-electron chi connectivity index (χ1n) is 6.74. The average molecular weight is 254 g/mol. The Morgan fingerprint density at radius 1 is 1.11 bits per heavy atom. The van der Waals surface area contributed by atoms with E-state index in [0.717, 1.165) is 11.5 Å². The monoisotopic (exact) mass is 254 g/mol. The molecule has 3 N–H and O–H groups in total. The topological polar surface area (TPSA) is 63.8 Å². The molecule has 0 amide bonds. The maximum atomic E-state index is 5.64. The minimum Gasteiger partial charge on any atom is -0.384 e. The van der Waals surface area contributed by atoms with Crippen LogP contribution < -0.4 is 11.1 Å². The van der Waals surface area contributed by atoms with Gasteiger partial charge in [-0.1, -0.05) is 6.07 Å². The van der Waals surface area contributed by atoms with Crippen molar-refractivity contribution >= 4 is 11.5 Å². The molecule has 4 nitrogen and oxygen atoms in total. The number of nitrogens with zero attached hydrogens (tertiary/aromatic N) is 2. The van der Waals surface area contributed by atoms with Crippen molar-refractivity contribution < 1.29 is 0 Å². The van der Waals surface area contributed by atoms with Gasteiger partial charge in [0.1, 0.15) is 11.6 Å². The zero-order valence-electron chi connectivity index (χ0n) is 10.9. The first-order valence-corrected chi connectivity index (χ1v) is 6.74. The van der Waals surface area contributed by atoms with Gasteiger partial charge in [0, 0.05) is 11.9 Å². The van der Waals surface area contributed by atoms with E-state index in [-0.39, 0.29) is 0 Å². The van der Waals surface area contributed by atoms with Gasteiger partial charge in [-0.3, -0.25) is 0 Å². The van der Waals surface area contributed by atoms with Gasteiger partial charge in [-0.2, -0.15) is 0 Å². The van der Waals surface area contributed by atoms with Crippen LogP contribution in [0.4, 0.5) is 11.5 Å². The number of fused-ring (bicyclic) bond motifs is 1. The molecule has 1 aromatic carbocycles. The molecular formula is C15H18N4. The number of nitrogens with two attached hydrogens (primary N) is 1. The summed E-state index contributed by atoms with van der Waals surface area (Å²) in [6.07, 6.45) is 6.71. The Morgan fingerprint density at radius 2 is 1.95 bits per heavy atom. The molecule has 0 atom stereocenters. The summed E-state index contributed by atoms with van der Waals surface area (Å²) in [4.78, 5) is 8.37. The first kappa shape index (κ1) is 12.0. The zero-order chi connectivity index (χ0) is 13.1. The normalized spacial score (nSPS) is 13.9. The maximum Gasteiger partial charge on any atom is 0.149 e. The predicted octanol–water partition coefficient (Wildman–Crippen LogP) is 2.55. The molecule has 98 valence electrons. The molecule has 3 rings (SSSR count). The Hall–Kier alpha value is -2.10.